The first-order chi connectivity index (χ1) is 8.04. The summed E-state index contributed by atoms with van der Waals surface area (Å²) in [5.74, 6) is -1.57. The van der Waals surface area contributed by atoms with Crippen molar-refractivity contribution in [2.24, 2.45) is 5.73 Å². The van der Waals surface area contributed by atoms with Crippen LogP contribution >= 0.6 is 0 Å². The molecule has 0 aliphatic heterocycles. The van der Waals surface area contributed by atoms with Gasteiger partial charge in [0, 0.05) is 37.8 Å². The van der Waals surface area contributed by atoms with Gasteiger partial charge >= 0.3 is 0 Å². The Morgan fingerprint density at radius 2 is 2.18 bits per heavy atom. The zero-order chi connectivity index (χ0) is 12.8. The highest BCUT2D eigenvalue weighted by molar-refractivity contribution is 5.87. The number of nitrogens with zero attached hydrogens (tertiary/aromatic N) is 1. The van der Waals surface area contributed by atoms with E-state index in [9.17, 15) is 13.6 Å². The number of halogens is 2. The SMILES string of the molecule is CN(Cc1ccc(F)cc1F)C(=O)/C=C/CN. The summed E-state index contributed by atoms with van der Waals surface area (Å²) in [6.45, 7) is 0.352. The zero-order valence-electron chi connectivity index (χ0n) is 9.49. The minimum absolute atomic E-state index is 0.0832. The summed E-state index contributed by atoms with van der Waals surface area (Å²) in [6, 6.07) is 3.27. The van der Waals surface area contributed by atoms with Gasteiger partial charge in [-0.3, -0.25) is 4.79 Å². The quantitative estimate of drug-likeness (QED) is 0.809. The van der Waals surface area contributed by atoms with Crippen molar-refractivity contribution >= 4 is 5.91 Å². The molecule has 0 bridgehead atoms. The summed E-state index contributed by atoms with van der Waals surface area (Å²) < 4.78 is 26.0. The van der Waals surface area contributed by atoms with E-state index in [1.54, 1.807) is 0 Å². The third-order valence-electron chi connectivity index (χ3n) is 2.20. The maximum Gasteiger partial charge on any atom is 0.246 e. The Morgan fingerprint density at radius 1 is 1.47 bits per heavy atom. The van der Waals surface area contributed by atoms with Gasteiger partial charge in [0.2, 0.25) is 5.91 Å². The molecular formula is C12H14F2N2O. The van der Waals surface area contributed by atoms with E-state index in [0.29, 0.717) is 0 Å². The maximum atomic E-state index is 13.3. The third kappa shape index (κ3) is 3.96. The molecule has 2 N–H and O–H groups in total. The van der Waals surface area contributed by atoms with Crippen LogP contribution in [0.4, 0.5) is 8.78 Å². The first-order valence-corrected chi connectivity index (χ1v) is 5.10. The number of likely N-dealkylation sites (N-methyl/N-ethyl adjacent to an activating group) is 1. The van der Waals surface area contributed by atoms with E-state index in [-0.39, 0.29) is 24.6 Å². The Hall–Kier alpha value is -1.75. The van der Waals surface area contributed by atoms with Crippen LogP contribution in [0.2, 0.25) is 0 Å². The molecule has 0 aliphatic rings. The van der Waals surface area contributed by atoms with Gasteiger partial charge in [-0.05, 0) is 6.07 Å². The Labute approximate surface area is 98.5 Å². The minimum atomic E-state index is -0.660. The highest BCUT2D eigenvalue weighted by Crippen LogP contribution is 2.11. The molecule has 0 spiro atoms. The lowest BCUT2D eigenvalue weighted by Crippen LogP contribution is -2.24. The fourth-order valence-corrected chi connectivity index (χ4v) is 1.28. The lowest BCUT2D eigenvalue weighted by atomic mass is 10.2. The highest BCUT2D eigenvalue weighted by atomic mass is 19.1. The maximum absolute atomic E-state index is 13.3. The van der Waals surface area contributed by atoms with Crippen molar-refractivity contribution in [2.75, 3.05) is 13.6 Å². The van der Waals surface area contributed by atoms with Crippen molar-refractivity contribution in [2.45, 2.75) is 6.54 Å². The molecule has 0 heterocycles. The summed E-state index contributed by atoms with van der Waals surface area (Å²) in [5, 5.41) is 0. The van der Waals surface area contributed by atoms with E-state index >= 15 is 0 Å². The molecule has 1 aromatic carbocycles. The standard InChI is InChI=1S/C12H14F2N2O/c1-16(12(17)3-2-6-15)8-9-4-5-10(13)7-11(9)14/h2-5,7H,6,8,15H2,1H3/b3-2+. The number of benzene rings is 1. The van der Waals surface area contributed by atoms with Gasteiger partial charge in [0.05, 0.1) is 0 Å². The average Bonchev–Trinajstić information content (AvgIpc) is 2.29. The molecular weight excluding hydrogens is 226 g/mol. The van der Waals surface area contributed by atoms with Gasteiger partial charge in [0.1, 0.15) is 11.6 Å². The molecule has 3 nitrogen and oxygen atoms in total. The predicted molar refractivity (Wildman–Crippen MR) is 61.0 cm³/mol. The average molecular weight is 240 g/mol. The fraction of sp³-hybridized carbons (Fsp3) is 0.250. The summed E-state index contributed by atoms with van der Waals surface area (Å²) in [6.07, 6.45) is 2.83. The van der Waals surface area contributed by atoms with Crippen LogP contribution in [-0.4, -0.2) is 24.4 Å². The second-order valence-electron chi connectivity index (χ2n) is 3.57. The Kier molecular flexibility index (Phi) is 4.78. The Bertz CT molecular complexity index is 433. The summed E-state index contributed by atoms with van der Waals surface area (Å²) in [5.41, 5.74) is 5.48. The first-order valence-electron chi connectivity index (χ1n) is 5.10. The normalized spacial score (nSPS) is 10.8. The summed E-state index contributed by atoms with van der Waals surface area (Å²) in [7, 11) is 1.53. The van der Waals surface area contributed by atoms with Gasteiger partial charge < -0.3 is 10.6 Å². The lowest BCUT2D eigenvalue weighted by Gasteiger charge is -2.15. The van der Waals surface area contributed by atoms with Crippen molar-refractivity contribution < 1.29 is 13.6 Å². The molecule has 17 heavy (non-hydrogen) atoms. The van der Waals surface area contributed by atoms with Crippen molar-refractivity contribution in [3.05, 3.63) is 47.5 Å². The first kappa shape index (κ1) is 13.3. The Morgan fingerprint density at radius 3 is 2.76 bits per heavy atom. The van der Waals surface area contributed by atoms with Gasteiger partial charge in [-0.25, -0.2) is 8.78 Å². The van der Waals surface area contributed by atoms with Gasteiger partial charge in [-0.15, -0.1) is 0 Å². The van der Waals surface area contributed by atoms with Crippen LogP contribution in [0.1, 0.15) is 5.56 Å². The van der Waals surface area contributed by atoms with Gasteiger partial charge in [-0.1, -0.05) is 12.1 Å². The fourth-order valence-electron chi connectivity index (χ4n) is 1.28. The van der Waals surface area contributed by atoms with Crippen LogP contribution < -0.4 is 5.73 Å². The number of carbonyl (C=O) groups excluding carboxylic acids is 1. The lowest BCUT2D eigenvalue weighted by molar-refractivity contribution is -0.125. The van der Waals surface area contributed by atoms with Crippen molar-refractivity contribution in [1.82, 2.24) is 4.90 Å². The van der Waals surface area contributed by atoms with Gasteiger partial charge in [0.15, 0.2) is 0 Å². The molecule has 0 saturated heterocycles. The van der Waals surface area contributed by atoms with Crippen LogP contribution in [0.3, 0.4) is 0 Å². The molecule has 1 rings (SSSR count). The number of hydrogen-bond acceptors (Lipinski definition) is 2. The van der Waals surface area contributed by atoms with Crippen molar-refractivity contribution in [1.29, 1.82) is 0 Å². The minimum Gasteiger partial charge on any atom is -0.338 e. The molecule has 0 aliphatic carbocycles. The molecule has 0 aromatic heterocycles. The van der Waals surface area contributed by atoms with Gasteiger partial charge in [0.25, 0.3) is 0 Å². The third-order valence-corrected chi connectivity index (χ3v) is 2.20. The molecule has 0 unspecified atom stereocenters. The number of nitrogens with two attached hydrogens (primary N) is 1. The smallest absolute Gasteiger partial charge is 0.246 e. The second-order valence-corrected chi connectivity index (χ2v) is 3.57. The second kappa shape index (κ2) is 6.10. The van der Waals surface area contributed by atoms with E-state index in [0.717, 1.165) is 12.1 Å². The van der Waals surface area contributed by atoms with Gasteiger partial charge in [-0.2, -0.15) is 0 Å². The van der Waals surface area contributed by atoms with E-state index in [1.165, 1.54) is 30.2 Å². The number of rotatable bonds is 4. The van der Waals surface area contributed by atoms with Crippen LogP contribution in [0.25, 0.3) is 0 Å². The van der Waals surface area contributed by atoms with Crippen molar-refractivity contribution in [3.63, 3.8) is 0 Å². The van der Waals surface area contributed by atoms with E-state index in [2.05, 4.69) is 0 Å². The van der Waals surface area contributed by atoms with Crippen LogP contribution in [0.15, 0.2) is 30.4 Å². The van der Waals surface area contributed by atoms with E-state index in [1.807, 2.05) is 0 Å². The molecule has 92 valence electrons. The van der Waals surface area contributed by atoms with E-state index in [4.69, 9.17) is 5.73 Å². The number of carbonyl (C=O) groups is 1. The molecule has 0 saturated carbocycles. The Balaban J connectivity index is 2.70. The molecule has 0 radical (unpaired) electrons. The van der Waals surface area contributed by atoms with Crippen molar-refractivity contribution in [3.8, 4) is 0 Å². The van der Waals surface area contributed by atoms with E-state index < -0.39 is 11.6 Å². The topological polar surface area (TPSA) is 46.3 Å². The van der Waals surface area contributed by atoms with Crippen LogP contribution in [0.5, 0.6) is 0 Å². The molecule has 0 atom stereocenters. The number of amides is 1. The molecule has 1 amide bonds. The summed E-state index contributed by atoms with van der Waals surface area (Å²) >= 11 is 0. The zero-order valence-corrected chi connectivity index (χ0v) is 9.49. The molecule has 5 heteroatoms. The van der Waals surface area contributed by atoms with Crippen LogP contribution in [0, 0.1) is 11.6 Å². The largest absolute Gasteiger partial charge is 0.338 e. The van der Waals surface area contributed by atoms with Crippen LogP contribution in [-0.2, 0) is 11.3 Å². The monoisotopic (exact) mass is 240 g/mol. The molecule has 0 fully saturated rings. The predicted octanol–water partition coefficient (Wildman–Crippen LogP) is 1.44. The highest BCUT2D eigenvalue weighted by Gasteiger charge is 2.09. The summed E-state index contributed by atoms with van der Waals surface area (Å²) in [4.78, 5) is 12.8. The number of hydrogen-bond donors (Lipinski definition) is 1. The molecule has 1 aromatic rings.